The first-order chi connectivity index (χ1) is 16.6. The number of pyridine rings is 1. The average molecular weight is 444 g/mol. The maximum Gasteiger partial charge on any atom is 0.210 e. The van der Waals surface area contributed by atoms with Gasteiger partial charge in [0.1, 0.15) is 5.69 Å². The molecular weight excluding hydrogens is 422 g/mol. The van der Waals surface area contributed by atoms with Crippen LogP contribution >= 0.6 is 0 Å². The molecule has 2 heterocycles. The van der Waals surface area contributed by atoms with Crippen LogP contribution in [0.15, 0.2) is 109 Å². The molecule has 2 aromatic heterocycles. The minimum absolute atomic E-state index is 0.128. The molecule has 0 aliphatic carbocycles. The van der Waals surface area contributed by atoms with Crippen LogP contribution in [0, 0.1) is 6.92 Å². The summed E-state index contributed by atoms with van der Waals surface area (Å²) in [6, 6.07) is 30.1. The average Bonchev–Trinajstić information content (AvgIpc) is 3.25. The summed E-state index contributed by atoms with van der Waals surface area (Å²) < 4.78 is 1.69. The fourth-order valence-electron chi connectivity index (χ4n) is 4.34. The summed E-state index contributed by atoms with van der Waals surface area (Å²) in [6.07, 6.45) is 1.74. The fourth-order valence-corrected chi connectivity index (χ4v) is 4.34. The highest BCUT2D eigenvalue weighted by molar-refractivity contribution is 6.28. The van der Waals surface area contributed by atoms with Crippen LogP contribution in [0.5, 0.6) is 0 Å². The minimum Gasteiger partial charge on any atom is -0.312 e. The van der Waals surface area contributed by atoms with Crippen LogP contribution in [-0.4, -0.2) is 21.8 Å². The minimum atomic E-state index is -0.359. The molecule has 0 radical (unpaired) electrons. The first-order valence-electron chi connectivity index (χ1n) is 11.0. The van der Waals surface area contributed by atoms with Crippen molar-refractivity contribution >= 4 is 22.9 Å². The van der Waals surface area contributed by atoms with E-state index >= 15 is 0 Å². The third-order valence-corrected chi connectivity index (χ3v) is 5.94. The van der Waals surface area contributed by atoms with Gasteiger partial charge in [-0.05, 0) is 18.6 Å². The number of fused-ring (bicyclic) bond motifs is 1. The molecule has 0 unspecified atom stereocenters. The van der Waals surface area contributed by atoms with E-state index < -0.39 is 0 Å². The SMILES string of the molecule is Cc1cccn2c(C(=O)c3ccccc3)c(C(=O)c3ccccc3)c(C(=O)c3ccccc3)c12. The molecule has 0 fully saturated rings. The molecule has 0 amide bonds. The summed E-state index contributed by atoms with van der Waals surface area (Å²) in [4.78, 5) is 41.6. The lowest BCUT2D eigenvalue weighted by molar-refractivity contribution is 0.0991. The molecule has 5 aromatic rings. The Morgan fingerprint density at radius 3 is 1.47 bits per heavy atom. The Hall–Kier alpha value is -4.57. The topological polar surface area (TPSA) is 55.6 Å². The van der Waals surface area contributed by atoms with Gasteiger partial charge in [0.05, 0.1) is 16.6 Å². The standard InChI is InChI=1S/C30H21NO3/c1-20-12-11-19-31-26(20)24(28(32)21-13-5-2-6-14-21)25(29(33)22-15-7-3-8-16-22)27(31)30(34)23-17-9-4-10-18-23/h2-19H,1H3. The van der Waals surface area contributed by atoms with Crippen LogP contribution in [0.25, 0.3) is 5.52 Å². The predicted molar refractivity (Wildman–Crippen MR) is 132 cm³/mol. The third kappa shape index (κ3) is 3.55. The first-order valence-corrected chi connectivity index (χ1v) is 11.0. The quantitative estimate of drug-likeness (QED) is 0.305. The molecule has 34 heavy (non-hydrogen) atoms. The molecule has 0 bridgehead atoms. The number of rotatable bonds is 6. The number of carbonyl (C=O) groups is 3. The Kier molecular flexibility index (Phi) is 5.48. The summed E-state index contributed by atoms with van der Waals surface area (Å²) in [5.74, 6) is -0.964. The van der Waals surface area contributed by atoms with Gasteiger partial charge in [0.25, 0.3) is 0 Å². The third-order valence-electron chi connectivity index (χ3n) is 5.94. The van der Waals surface area contributed by atoms with Crippen molar-refractivity contribution in [2.45, 2.75) is 6.92 Å². The van der Waals surface area contributed by atoms with E-state index in [1.165, 1.54) is 0 Å². The van der Waals surface area contributed by atoms with E-state index in [1.54, 1.807) is 83.4 Å². The molecule has 0 saturated heterocycles. The Morgan fingerprint density at radius 1 is 0.529 bits per heavy atom. The van der Waals surface area contributed by atoms with E-state index in [-0.39, 0.29) is 34.2 Å². The van der Waals surface area contributed by atoms with E-state index in [1.807, 2.05) is 37.3 Å². The Balaban J connectivity index is 1.89. The lowest BCUT2D eigenvalue weighted by Gasteiger charge is -2.08. The van der Waals surface area contributed by atoms with Gasteiger partial charge in [-0.2, -0.15) is 0 Å². The van der Waals surface area contributed by atoms with Gasteiger partial charge in [0.15, 0.2) is 11.6 Å². The van der Waals surface area contributed by atoms with Crippen molar-refractivity contribution in [2.75, 3.05) is 0 Å². The maximum atomic E-state index is 13.9. The van der Waals surface area contributed by atoms with E-state index in [9.17, 15) is 14.4 Å². The van der Waals surface area contributed by atoms with Crippen molar-refractivity contribution in [2.24, 2.45) is 0 Å². The zero-order valence-corrected chi connectivity index (χ0v) is 18.6. The molecule has 0 aliphatic rings. The summed E-state index contributed by atoms with van der Waals surface area (Å²) in [5, 5.41) is 0. The largest absolute Gasteiger partial charge is 0.312 e. The lowest BCUT2D eigenvalue weighted by Crippen LogP contribution is -2.15. The molecule has 4 heteroatoms. The van der Waals surface area contributed by atoms with Crippen molar-refractivity contribution in [1.82, 2.24) is 4.40 Å². The van der Waals surface area contributed by atoms with Crippen molar-refractivity contribution in [3.8, 4) is 0 Å². The molecule has 0 N–H and O–H groups in total. The van der Waals surface area contributed by atoms with Crippen molar-refractivity contribution in [3.63, 3.8) is 0 Å². The number of benzene rings is 3. The van der Waals surface area contributed by atoms with E-state index in [0.717, 1.165) is 5.56 Å². The monoisotopic (exact) mass is 443 g/mol. The van der Waals surface area contributed by atoms with Crippen molar-refractivity contribution < 1.29 is 14.4 Å². The van der Waals surface area contributed by atoms with Crippen LogP contribution in [-0.2, 0) is 0 Å². The maximum absolute atomic E-state index is 13.9. The zero-order chi connectivity index (χ0) is 23.7. The van der Waals surface area contributed by atoms with Crippen molar-refractivity contribution in [1.29, 1.82) is 0 Å². The highest BCUT2D eigenvalue weighted by Gasteiger charge is 2.33. The molecule has 164 valence electrons. The highest BCUT2D eigenvalue weighted by Crippen LogP contribution is 2.32. The predicted octanol–water partition coefficient (Wildman–Crippen LogP) is 5.94. The zero-order valence-electron chi connectivity index (χ0n) is 18.6. The van der Waals surface area contributed by atoms with Crippen LogP contribution in [0.2, 0.25) is 0 Å². The summed E-state index contributed by atoms with van der Waals surface area (Å²) in [6.45, 7) is 1.88. The number of hydrogen-bond donors (Lipinski definition) is 0. The second-order valence-corrected chi connectivity index (χ2v) is 8.09. The Bertz CT molecular complexity index is 1530. The van der Waals surface area contributed by atoms with Crippen LogP contribution in [0.1, 0.15) is 53.5 Å². The van der Waals surface area contributed by atoms with Gasteiger partial charge in [0.2, 0.25) is 5.78 Å². The number of aryl methyl sites for hydroxylation is 1. The van der Waals surface area contributed by atoms with Gasteiger partial charge in [0, 0.05) is 22.9 Å². The first kappa shape index (κ1) is 21.3. The number of aromatic nitrogens is 1. The van der Waals surface area contributed by atoms with E-state index in [4.69, 9.17) is 0 Å². The van der Waals surface area contributed by atoms with Crippen molar-refractivity contribution in [3.05, 3.63) is 148 Å². The fraction of sp³-hybridized carbons (Fsp3) is 0.0333. The summed E-state index contributed by atoms with van der Waals surface area (Å²) >= 11 is 0. The van der Waals surface area contributed by atoms with E-state index in [2.05, 4.69) is 0 Å². The van der Waals surface area contributed by atoms with Crippen LogP contribution < -0.4 is 0 Å². The van der Waals surface area contributed by atoms with Gasteiger partial charge in [-0.3, -0.25) is 14.4 Å². The molecule has 4 nitrogen and oxygen atoms in total. The van der Waals surface area contributed by atoms with E-state index in [0.29, 0.717) is 22.2 Å². The smallest absolute Gasteiger partial charge is 0.210 e. The van der Waals surface area contributed by atoms with Crippen LogP contribution in [0.4, 0.5) is 0 Å². The highest BCUT2D eigenvalue weighted by atomic mass is 16.1. The second kappa shape index (κ2) is 8.75. The molecule has 5 rings (SSSR count). The lowest BCUT2D eigenvalue weighted by atomic mass is 9.91. The Morgan fingerprint density at radius 2 is 0.971 bits per heavy atom. The molecular formula is C30H21NO3. The molecule has 0 aliphatic heterocycles. The van der Waals surface area contributed by atoms with Crippen LogP contribution in [0.3, 0.4) is 0 Å². The molecule has 0 spiro atoms. The van der Waals surface area contributed by atoms with Gasteiger partial charge < -0.3 is 4.40 Å². The summed E-state index contributed by atoms with van der Waals surface area (Å²) in [7, 11) is 0. The van der Waals surface area contributed by atoms with Gasteiger partial charge >= 0.3 is 0 Å². The normalized spacial score (nSPS) is 10.9. The molecule has 3 aromatic carbocycles. The van der Waals surface area contributed by atoms with Gasteiger partial charge in [-0.15, -0.1) is 0 Å². The number of hydrogen-bond acceptors (Lipinski definition) is 3. The Labute approximate surface area is 197 Å². The molecule has 0 saturated carbocycles. The number of nitrogens with zero attached hydrogens (tertiary/aromatic N) is 1. The number of ketones is 3. The summed E-state index contributed by atoms with van der Waals surface area (Å²) in [5.41, 5.74) is 3.26. The van der Waals surface area contributed by atoms with Gasteiger partial charge in [-0.25, -0.2) is 0 Å². The number of carbonyl (C=O) groups excluding carboxylic acids is 3. The van der Waals surface area contributed by atoms with Gasteiger partial charge in [-0.1, -0.05) is 97.1 Å². The second-order valence-electron chi connectivity index (χ2n) is 8.09. The molecule has 0 atom stereocenters.